The molecular weight excluding hydrogens is 316 g/mol. The normalized spacial score (nSPS) is 10.4. The van der Waals surface area contributed by atoms with Gasteiger partial charge in [-0.2, -0.15) is 5.10 Å². The number of methoxy groups -OCH3 is 2. The third-order valence-electron chi connectivity index (χ3n) is 3.33. The van der Waals surface area contributed by atoms with Crippen LogP contribution in [0.1, 0.15) is 0 Å². The monoisotopic (exact) mass is 330 g/mol. The highest BCUT2D eigenvalue weighted by Crippen LogP contribution is 2.39. The second kappa shape index (κ2) is 6.62. The first-order valence-electron chi connectivity index (χ1n) is 6.91. The molecule has 0 saturated heterocycles. The van der Waals surface area contributed by atoms with Crippen LogP contribution in [-0.2, 0) is 0 Å². The summed E-state index contributed by atoms with van der Waals surface area (Å²) < 4.78 is 16.5. The van der Waals surface area contributed by atoms with Gasteiger partial charge in [0, 0.05) is 11.6 Å². The lowest BCUT2D eigenvalue weighted by Gasteiger charge is -2.11. The summed E-state index contributed by atoms with van der Waals surface area (Å²) in [4.78, 5) is 0. The van der Waals surface area contributed by atoms with Crippen molar-refractivity contribution in [1.82, 2.24) is 10.2 Å². The third kappa shape index (κ3) is 3.10. The van der Waals surface area contributed by atoms with Crippen molar-refractivity contribution in [2.24, 2.45) is 0 Å². The molecule has 0 amide bonds. The van der Waals surface area contributed by atoms with Crippen molar-refractivity contribution < 1.29 is 14.2 Å². The molecule has 6 heteroatoms. The molecule has 0 radical (unpaired) electrons. The smallest absolute Gasteiger partial charge is 0.173 e. The highest BCUT2D eigenvalue weighted by Gasteiger charge is 2.16. The van der Waals surface area contributed by atoms with Crippen LogP contribution in [0.2, 0.25) is 5.02 Å². The summed E-state index contributed by atoms with van der Waals surface area (Å²) in [5.41, 5.74) is 1.42. The Bertz CT molecular complexity index is 817. The van der Waals surface area contributed by atoms with Crippen LogP contribution >= 0.6 is 11.6 Å². The van der Waals surface area contributed by atoms with Gasteiger partial charge >= 0.3 is 0 Å². The maximum absolute atomic E-state index is 6.14. The molecule has 0 saturated carbocycles. The fourth-order valence-electron chi connectivity index (χ4n) is 2.19. The molecule has 0 aliphatic heterocycles. The molecular formula is C17H15ClN2O3. The van der Waals surface area contributed by atoms with Crippen molar-refractivity contribution in [2.45, 2.75) is 0 Å². The van der Waals surface area contributed by atoms with Gasteiger partial charge in [0.25, 0.3) is 0 Å². The molecule has 0 fully saturated rings. The molecule has 0 unspecified atom stereocenters. The Morgan fingerprint density at radius 2 is 1.78 bits per heavy atom. The number of benzene rings is 2. The Morgan fingerprint density at radius 3 is 2.52 bits per heavy atom. The zero-order valence-electron chi connectivity index (χ0n) is 12.7. The molecule has 1 aromatic heterocycles. The molecule has 2 aromatic carbocycles. The van der Waals surface area contributed by atoms with E-state index < -0.39 is 0 Å². The first-order chi connectivity index (χ1) is 11.2. The SMILES string of the molecule is COc1ccc(-c2n[nH]cc2Oc2ccccc2Cl)c(OC)c1. The minimum Gasteiger partial charge on any atom is -0.497 e. The second-order valence-electron chi connectivity index (χ2n) is 4.70. The van der Waals surface area contributed by atoms with Crippen LogP contribution in [0, 0.1) is 0 Å². The lowest BCUT2D eigenvalue weighted by Crippen LogP contribution is -1.92. The fourth-order valence-corrected chi connectivity index (χ4v) is 2.36. The number of para-hydroxylation sites is 1. The standard InChI is InChI=1S/C17H15ClN2O3/c1-21-11-7-8-12(15(9-11)22-2)17-16(10-19-20-17)23-14-6-4-3-5-13(14)18/h3-10H,1-2H3,(H,19,20). The minimum absolute atomic E-state index is 0.529. The first kappa shape index (κ1) is 15.2. The van der Waals surface area contributed by atoms with Gasteiger partial charge in [0.1, 0.15) is 22.9 Å². The van der Waals surface area contributed by atoms with E-state index in [0.717, 1.165) is 5.56 Å². The minimum atomic E-state index is 0.529. The highest BCUT2D eigenvalue weighted by molar-refractivity contribution is 6.32. The third-order valence-corrected chi connectivity index (χ3v) is 3.64. The Morgan fingerprint density at radius 1 is 0.957 bits per heavy atom. The molecule has 0 atom stereocenters. The fraction of sp³-hybridized carbons (Fsp3) is 0.118. The van der Waals surface area contributed by atoms with E-state index in [1.807, 2.05) is 24.3 Å². The van der Waals surface area contributed by atoms with Crippen molar-refractivity contribution >= 4 is 11.6 Å². The maximum Gasteiger partial charge on any atom is 0.173 e. The van der Waals surface area contributed by atoms with Gasteiger partial charge in [0.2, 0.25) is 0 Å². The molecule has 0 aliphatic carbocycles. The zero-order chi connectivity index (χ0) is 16.2. The van der Waals surface area contributed by atoms with Crippen LogP contribution in [0.5, 0.6) is 23.0 Å². The van der Waals surface area contributed by atoms with Crippen LogP contribution in [0.15, 0.2) is 48.7 Å². The number of aromatic amines is 1. The van der Waals surface area contributed by atoms with Crippen molar-refractivity contribution in [3.8, 4) is 34.3 Å². The molecule has 118 valence electrons. The lowest BCUT2D eigenvalue weighted by molar-refractivity contribution is 0.395. The van der Waals surface area contributed by atoms with Gasteiger partial charge in [-0.25, -0.2) is 0 Å². The van der Waals surface area contributed by atoms with Crippen molar-refractivity contribution in [2.75, 3.05) is 14.2 Å². The second-order valence-corrected chi connectivity index (χ2v) is 5.10. The molecule has 1 N–H and O–H groups in total. The van der Waals surface area contributed by atoms with Crippen LogP contribution in [0.4, 0.5) is 0 Å². The summed E-state index contributed by atoms with van der Waals surface area (Å²) in [5.74, 6) is 2.46. The van der Waals surface area contributed by atoms with E-state index in [-0.39, 0.29) is 0 Å². The van der Waals surface area contributed by atoms with Gasteiger partial charge < -0.3 is 14.2 Å². The molecule has 5 nitrogen and oxygen atoms in total. The predicted molar refractivity (Wildman–Crippen MR) is 88.7 cm³/mol. The molecule has 23 heavy (non-hydrogen) atoms. The summed E-state index contributed by atoms with van der Waals surface area (Å²) in [6.07, 6.45) is 1.67. The zero-order valence-corrected chi connectivity index (χ0v) is 13.4. The quantitative estimate of drug-likeness (QED) is 0.746. The van der Waals surface area contributed by atoms with E-state index in [1.54, 1.807) is 38.6 Å². The van der Waals surface area contributed by atoms with E-state index in [1.165, 1.54) is 0 Å². The average molecular weight is 331 g/mol. The number of aromatic nitrogens is 2. The van der Waals surface area contributed by atoms with Crippen molar-refractivity contribution in [3.05, 3.63) is 53.7 Å². The predicted octanol–water partition coefficient (Wildman–Crippen LogP) is 4.54. The Labute approximate surface area is 138 Å². The first-order valence-corrected chi connectivity index (χ1v) is 7.29. The van der Waals surface area contributed by atoms with E-state index in [2.05, 4.69) is 10.2 Å². The van der Waals surface area contributed by atoms with Crippen molar-refractivity contribution in [3.63, 3.8) is 0 Å². The summed E-state index contributed by atoms with van der Waals surface area (Å²) in [6, 6.07) is 12.8. The summed E-state index contributed by atoms with van der Waals surface area (Å²) in [5, 5.41) is 7.60. The summed E-state index contributed by atoms with van der Waals surface area (Å²) in [7, 11) is 3.20. The Hall–Kier alpha value is -2.66. The van der Waals surface area contributed by atoms with Crippen LogP contribution in [0.3, 0.4) is 0 Å². The molecule has 0 bridgehead atoms. The van der Waals surface area contributed by atoms with E-state index in [9.17, 15) is 0 Å². The number of H-pyrrole nitrogens is 1. The number of hydrogen-bond donors (Lipinski definition) is 1. The molecule has 0 aliphatic rings. The molecule has 0 spiro atoms. The number of rotatable bonds is 5. The Balaban J connectivity index is 2.00. The number of halogens is 1. The maximum atomic E-state index is 6.14. The topological polar surface area (TPSA) is 56.4 Å². The van der Waals surface area contributed by atoms with Gasteiger partial charge in [-0.1, -0.05) is 23.7 Å². The van der Waals surface area contributed by atoms with Gasteiger partial charge in [-0.05, 0) is 24.3 Å². The van der Waals surface area contributed by atoms with E-state index in [0.29, 0.717) is 33.7 Å². The Kier molecular flexibility index (Phi) is 4.39. The number of nitrogens with zero attached hydrogens (tertiary/aromatic N) is 1. The number of hydrogen-bond acceptors (Lipinski definition) is 4. The van der Waals surface area contributed by atoms with Gasteiger partial charge in [0.05, 0.1) is 25.4 Å². The van der Waals surface area contributed by atoms with Gasteiger partial charge in [-0.15, -0.1) is 0 Å². The molecule has 3 aromatic rings. The van der Waals surface area contributed by atoms with Crippen LogP contribution < -0.4 is 14.2 Å². The van der Waals surface area contributed by atoms with Crippen molar-refractivity contribution in [1.29, 1.82) is 0 Å². The summed E-state index contributed by atoms with van der Waals surface area (Å²) >= 11 is 6.14. The van der Waals surface area contributed by atoms with Crippen LogP contribution in [0.25, 0.3) is 11.3 Å². The molecule has 1 heterocycles. The van der Waals surface area contributed by atoms with Gasteiger partial charge in [0.15, 0.2) is 5.75 Å². The number of nitrogens with one attached hydrogen (secondary N) is 1. The average Bonchev–Trinajstić information content (AvgIpc) is 3.04. The molecule has 3 rings (SSSR count). The lowest BCUT2D eigenvalue weighted by atomic mass is 10.1. The van der Waals surface area contributed by atoms with E-state index >= 15 is 0 Å². The van der Waals surface area contributed by atoms with Crippen LogP contribution in [-0.4, -0.2) is 24.4 Å². The largest absolute Gasteiger partial charge is 0.497 e. The van der Waals surface area contributed by atoms with E-state index in [4.69, 9.17) is 25.8 Å². The van der Waals surface area contributed by atoms with Gasteiger partial charge in [-0.3, -0.25) is 5.10 Å². The number of ether oxygens (including phenoxy) is 3. The highest BCUT2D eigenvalue weighted by atomic mass is 35.5. The summed E-state index contributed by atoms with van der Waals surface area (Å²) in [6.45, 7) is 0.